The van der Waals surface area contributed by atoms with Crippen molar-refractivity contribution in [2.75, 3.05) is 6.61 Å². The number of nitrogens with one attached hydrogen (secondary N) is 1. The van der Waals surface area contributed by atoms with Gasteiger partial charge in [0.2, 0.25) is 0 Å². The minimum atomic E-state index is -0.308. The number of carbonyl (C=O) groups is 1. The van der Waals surface area contributed by atoms with Gasteiger partial charge in [0.15, 0.2) is 0 Å². The zero-order chi connectivity index (χ0) is 17.6. The van der Waals surface area contributed by atoms with Crippen molar-refractivity contribution in [3.63, 3.8) is 0 Å². The molecule has 6 heteroatoms. The number of aromatic nitrogens is 2. The van der Waals surface area contributed by atoms with Gasteiger partial charge in [-0.3, -0.25) is 4.79 Å². The number of aliphatic hydroxyl groups is 1. The summed E-state index contributed by atoms with van der Waals surface area (Å²) in [6, 6.07) is 6.06. The lowest BCUT2D eigenvalue weighted by Gasteiger charge is -2.30. The second-order valence-electron chi connectivity index (χ2n) is 7.21. The Balaban J connectivity index is 1.54. The Hall–Kier alpha value is -2.21. The van der Waals surface area contributed by atoms with E-state index in [1.165, 1.54) is 12.1 Å². The van der Waals surface area contributed by atoms with Crippen LogP contribution in [0.2, 0.25) is 0 Å². The highest BCUT2D eigenvalue weighted by Crippen LogP contribution is 2.48. The van der Waals surface area contributed by atoms with Crippen LogP contribution in [0.25, 0.3) is 5.69 Å². The first-order valence-electron chi connectivity index (χ1n) is 8.80. The molecule has 132 valence electrons. The van der Waals surface area contributed by atoms with Crippen molar-refractivity contribution in [1.82, 2.24) is 15.1 Å². The lowest BCUT2D eigenvalue weighted by molar-refractivity contribution is 0.0861. The zero-order valence-electron chi connectivity index (χ0n) is 14.2. The summed E-state index contributed by atoms with van der Waals surface area (Å²) in [5.41, 5.74) is 1.95. The molecule has 4 atom stereocenters. The molecule has 0 aliphatic heterocycles. The predicted molar refractivity (Wildman–Crippen MR) is 90.9 cm³/mol. The van der Waals surface area contributed by atoms with Gasteiger partial charge in [0, 0.05) is 18.6 Å². The number of aliphatic hydroxyl groups excluding tert-OH is 1. The highest BCUT2D eigenvalue weighted by Gasteiger charge is 2.47. The fraction of sp³-hybridized carbons (Fsp3) is 0.474. The van der Waals surface area contributed by atoms with Crippen molar-refractivity contribution >= 4 is 5.91 Å². The van der Waals surface area contributed by atoms with Crippen molar-refractivity contribution < 1.29 is 14.3 Å². The zero-order valence-corrected chi connectivity index (χ0v) is 14.2. The molecule has 2 bridgehead atoms. The van der Waals surface area contributed by atoms with E-state index < -0.39 is 0 Å². The number of hydrogen-bond donors (Lipinski definition) is 2. The minimum Gasteiger partial charge on any atom is -0.396 e. The van der Waals surface area contributed by atoms with Crippen LogP contribution >= 0.6 is 0 Å². The second-order valence-corrected chi connectivity index (χ2v) is 7.21. The number of benzene rings is 1. The molecule has 0 spiro atoms. The topological polar surface area (TPSA) is 67.2 Å². The summed E-state index contributed by atoms with van der Waals surface area (Å²) in [6.07, 6.45) is 4.93. The van der Waals surface area contributed by atoms with Gasteiger partial charge in [0.05, 0.1) is 23.1 Å². The second kappa shape index (κ2) is 6.26. The molecular weight excluding hydrogens is 321 g/mol. The largest absolute Gasteiger partial charge is 0.396 e. The maximum absolute atomic E-state index is 13.1. The molecule has 4 rings (SSSR count). The smallest absolute Gasteiger partial charge is 0.254 e. The molecule has 2 aromatic rings. The van der Waals surface area contributed by atoms with Gasteiger partial charge in [-0.05, 0) is 62.3 Å². The van der Waals surface area contributed by atoms with Gasteiger partial charge in [-0.1, -0.05) is 0 Å². The fourth-order valence-corrected chi connectivity index (χ4v) is 4.60. The quantitative estimate of drug-likeness (QED) is 0.896. The first-order chi connectivity index (χ1) is 12.1. The van der Waals surface area contributed by atoms with E-state index in [1.54, 1.807) is 23.0 Å². The molecule has 1 aromatic carbocycles. The first kappa shape index (κ1) is 16.3. The highest BCUT2D eigenvalue weighted by molar-refractivity contribution is 5.95. The average molecular weight is 343 g/mol. The van der Waals surface area contributed by atoms with Gasteiger partial charge in [-0.25, -0.2) is 9.07 Å². The number of fused-ring (bicyclic) bond motifs is 2. The number of halogens is 1. The summed E-state index contributed by atoms with van der Waals surface area (Å²) in [4.78, 5) is 12.8. The van der Waals surface area contributed by atoms with Crippen LogP contribution in [-0.2, 0) is 0 Å². The van der Waals surface area contributed by atoms with Crippen LogP contribution < -0.4 is 5.32 Å². The summed E-state index contributed by atoms with van der Waals surface area (Å²) in [5, 5.41) is 17.1. The molecule has 2 N–H and O–H groups in total. The molecule has 1 aromatic heterocycles. The minimum absolute atomic E-state index is 0.0461. The number of hydrogen-bond acceptors (Lipinski definition) is 3. The molecule has 0 saturated heterocycles. The van der Waals surface area contributed by atoms with Gasteiger partial charge < -0.3 is 10.4 Å². The number of nitrogens with zero attached hydrogens (tertiary/aromatic N) is 2. The van der Waals surface area contributed by atoms with E-state index in [0.29, 0.717) is 28.8 Å². The van der Waals surface area contributed by atoms with Crippen molar-refractivity contribution in [3.05, 3.63) is 47.5 Å². The lowest BCUT2D eigenvalue weighted by atomic mass is 9.85. The molecule has 5 nitrogen and oxygen atoms in total. The average Bonchev–Trinajstić information content (AvgIpc) is 3.30. The Morgan fingerprint density at radius 2 is 2.04 bits per heavy atom. The Morgan fingerprint density at radius 3 is 2.76 bits per heavy atom. The van der Waals surface area contributed by atoms with Crippen LogP contribution in [-0.4, -0.2) is 33.4 Å². The Labute approximate surface area is 145 Å². The summed E-state index contributed by atoms with van der Waals surface area (Å²) >= 11 is 0. The monoisotopic (exact) mass is 343 g/mol. The molecule has 2 fully saturated rings. The number of carbonyl (C=O) groups excluding carboxylic acids is 1. The van der Waals surface area contributed by atoms with Crippen molar-refractivity contribution in [1.29, 1.82) is 0 Å². The van der Waals surface area contributed by atoms with Gasteiger partial charge >= 0.3 is 0 Å². The molecule has 0 radical (unpaired) electrons. The van der Waals surface area contributed by atoms with Crippen LogP contribution in [0.5, 0.6) is 0 Å². The van der Waals surface area contributed by atoms with E-state index in [1.807, 2.05) is 6.92 Å². The van der Waals surface area contributed by atoms with Crippen molar-refractivity contribution in [3.8, 4) is 5.69 Å². The molecule has 2 aliphatic carbocycles. The molecular formula is C19H22FN3O2. The van der Waals surface area contributed by atoms with E-state index in [4.69, 9.17) is 0 Å². The van der Waals surface area contributed by atoms with Crippen LogP contribution in [0, 0.1) is 30.5 Å². The van der Waals surface area contributed by atoms with E-state index >= 15 is 0 Å². The Morgan fingerprint density at radius 1 is 1.32 bits per heavy atom. The van der Waals surface area contributed by atoms with Crippen molar-refractivity contribution in [2.45, 2.75) is 32.2 Å². The molecule has 2 aliphatic rings. The molecule has 2 saturated carbocycles. The third-order valence-corrected chi connectivity index (χ3v) is 5.92. The van der Waals surface area contributed by atoms with E-state index in [-0.39, 0.29) is 30.3 Å². The molecule has 1 heterocycles. The van der Waals surface area contributed by atoms with Gasteiger partial charge in [0.25, 0.3) is 5.91 Å². The number of rotatable bonds is 4. The standard InChI is InChI=1S/C19H22FN3O2/c1-11-16(9-21-23(11)15-6-4-14(20)5-7-15)19(25)22-18-13-3-2-12(8-13)17(18)10-24/h4-7,9,12-13,17-18,24H,2-3,8,10H2,1H3,(H,22,25). The fourth-order valence-electron chi connectivity index (χ4n) is 4.60. The predicted octanol–water partition coefficient (Wildman–Crippen LogP) is 2.46. The Bertz CT molecular complexity index is 786. The van der Waals surface area contributed by atoms with Gasteiger partial charge in [-0.15, -0.1) is 0 Å². The summed E-state index contributed by atoms with van der Waals surface area (Å²) in [7, 11) is 0. The maximum atomic E-state index is 13.1. The van der Waals surface area contributed by atoms with Crippen LogP contribution in [0.3, 0.4) is 0 Å². The highest BCUT2D eigenvalue weighted by atomic mass is 19.1. The lowest BCUT2D eigenvalue weighted by Crippen LogP contribution is -2.45. The van der Waals surface area contributed by atoms with Crippen LogP contribution in [0.4, 0.5) is 4.39 Å². The first-order valence-corrected chi connectivity index (χ1v) is 8.80. The van der Waals surface area contributed by atoms with Crippen LogP contribution in [0.15, 0.2) is 30.5 Å². The van der Waals surface area contributed by atoms with Gasteiger partial charge in [0.1, 0.15) is 5.82 Å². The van der Waals surface area contributed by atoms with Crippen LogP contribution in [0.1, 0.15) is 35.3 Å². The third-order valence-electron chi connectivity index (χ3n) is 5.92. The van der Waals surface area contributed by atoms with E-state index in [9.17, 15) is 14.3 Å². The van der Waals surface area contributed by atoms with Crippen molar-refractivity contribution in [2.24, 2.45) is 17.8 Å². The van der Waals surface area contributed by atoms with E-state index in [2.05, 4.69) is 10.4 Å². The number of amides is 1. The SMILES string of the molecule is Cc1c(C(=O)NC2C3CCC(C3)C2CO)cnn1-c1ccc(F)cc1. The summed E-state index contributed by atoms with van der Waals surface area (Å²) in [6.45, 7) is 1.95. The Kier molecular flexibility index (Phi) is 4.07. The maximum Gasteiger partial charge on any atom is 0.254 e. The van der Waals surface area contributed by atoms with E-state index in [0.717, 1.165) is 19.3 Å². The summed E-state index contributed by atoms with van der Waals surface area (Å²) in [5.74, 6) is 0.705. The summed E-state index contributed by atoms with van der Waals surface area (Å²) < 4.78 is 14.7. The molecule has 1 amide bonds. The van der Waals surface area contributed by atoms with Gasteiger partial charge in [-0.2, -0.15) is 5.10 Å². The normalized spacial score (nSPS) is 27.6. The molecule has 4 unspecified atom stereocenters. The third kappa shape index (κ3) is 2.74. The molecule has 25 heavy (non-hydrogen) atoms.